The summed E-state index contributed by atoms with van der Waals surface area (Å²) >= 11 is 0. The van der Waals surface area contributed by atoms with Crippen LogP contribution in [0.15, 0.2) is 0 Å². The molecule has 3 amide bonds. The summed E-state index contributed by atoms with van der Waals surface area (Å²) in [5, 5.41) is 24.6. The van der Waals surface area contributed by atoms with Gasteiger partial charge in [0.1, 0.15) is 17.7 Å². The standard InChI is InChI=1S/C12H22N2O5.C9H5F5O2.C9H18N2O4.4CH4/c1-5-9(15)14(8-10(16)17)7-6-13-11(18)19-12(2,3)4;1-2-3(15)16-9-7(13)5(11)4(10)6(12)8(9)14;1-9(2,3)15-8(14)11-5-4-10-6-7(12)13;;;;/h5-8H2,1-4H3,(H,13,18)(H,16,17);2H2,1H3;10H,4-6H2,1-3H3,(H,11,14)(H,12,13);4*1H4. The van der Waals surface area contributed by atoms with Crippen molar-refractivity contribution in [3.05, 3.63) is 29.1 Å². The highest BCUT2D eigenvalue weighted by Crippen LogP contribution is 2.29. The topological polar surface area (TPSA) is 210 Å². The van der Waals surface area contributed by atoms with Gasteiger partial charge in [-0.25, -0.2) is 22.8 Å². The molecule has 318 valence electrons. The second kappa shape index (κ2) is 29.7. The van der Waals surface area contributed by atoms with Gasteiger partial charge >= 0.3 is 30.1 Å². The van der Waals surface area contributed by atoms with E-state index >= 15 is 0 Å². The molecule has 5 N–H and O–H groups in total. The van der Waals surface area contributed by atoms with Crippen molar-refractivity contribution >= 4 is 36.0 Å². The molecular formula is C34H61F5N4O11. The number of nitrogens with zero attached hydrogens (tertiary/aromatic N) is 1. The van der Waals surface area contributed by atoms with Gasteiger partial charge < -0.3 is 45.3 Å². The van der Waals surface area contributed by atoms with Crippen LogP contribution in [0.3, 0.4) is 0 Å². The lowest BCUT2D eigenvalue weighted by atomic mass is 10.2. The molecule has 0 saturated heterocycles. The number of alkyl carbamates (subject to hydrolysis) is 2. The molecule has 0 saturated carbocycles. The Bertz CT molecular complexity index is 1290. The maximum absolute atomic E-state index is 12.9. The zero-order chi connectivity index (χ0) is 39.4. The molecule has 0 fully saturated rings. The molecule has 0 unspecified atom stereocenters. The molecule has 0 aromatic heterocycles. The van der Waals surface area contributed by atoms with Crippen molar-refractivity contribution in [3.8, 4) is 5.75 Å². The first-order valence-corrected chi connectivity index (χ1v) is 14.9. The van der Waals surface area contributed by atoms with Crippen LogP contribution < -0.4 is 20.7 Å². The fourth-order valence-electron chi connectivity index (χ4n) is 2.91. The number of nitrogens with one attached hydrogen (secondary N) is 3. The zero-order valence-electron chi connectivity index (χ0n) is 29.1. The smallest absolute Gasteiger partial charge is 0.407 e. The van der Waals surface area contributed by atoms with Crippen LogP contribution in [0.2, 0.25) is 0 Å². The van der Waals surface area contributed by atoms with E-state index in [1.165, 1.54) is 11.8 Å². The van der Waals surface area contributed by atoms with Gasteiger partial charge in [0.05, 0.1) is 6.54 Å². The minimum atomic E-state index is -2.30. The average molecular weight is 797 g/mol. The molecule has 1 aromatic carbocycles. The molecule has 0 aliphatic carbocycles. The van der Waals surface area contributed by atoms with Gasteiger partial charge in [-0.3, -0.25) is 19.2 Å². The van der Waals surface area contributed by atoms with E-state index in [2.05, 4.69) is 20.7 Å². The summed E-state index contributed by atoms with van der Waals surface area (Å²) in [7, 11) is 0. The normalized spacial score (nSPS) is 9.87. The number of carbonyl (C=O) groups is 6. The van der Waals surface area contributed by atoms with Gasteiger partial charge in [-0.15, -0.1) is 0 Å². The average Bonchev–Trinajstić information content (AvgIpc) is 2.98. The quantitative estimate of drug-likeness (QED) is 0.0374. The second-order valence-electron chi connectivity index (χ2n) is 11.7. The monoisotopic (exact) mass is 796 g/mol. The van der Waals surface area contributed by atoms with Crippen molar-refractivity contribution < 1.29 is 75.1 Å². The molecule has 1 aromatic rings. The van der Waals surface area contributed by atoms with Gasteiger partial charge in [-0.2, -0.15) is 8.78 Å². The summed E-state index contributed by atoms with van der Waals surface area (Å²) in [6, 6.07) is 0. The van der Waals surface area contributed by atoms with Crippen LogP contribution in [0, 0.1) is 29.1 Å². The van der Waals surface area contributed by atoms with E-state index in [0.29, 0.717) is 13.1 Å². The number of esters is 1. The van der Waals surface area contributed by atoms with Crippen molar-refractivity contribution in [1.29, 1.82) is 0 Å². The number of carboxylic acid groups (broad SMARTS) is 2. The summed E-state index contributed by atoms with van der Waals surface area (Å²) in [5.74, 6) is -15.9. The Morgan fingerprint density at radius 3 is 1.39 bits per heavy atom. The molecule has 54 heavy (non-hydrogen) atoms. The van der Waals surface area contributed by atoms with E-state index in [0.717, 1.165) is 0 Å². The Kier molecular flexibility index (Phi) is 33.7. The highest BCUT2D eigenvalue weighted by Gasteiger charge is 2.28. The van der Waals surface area contributed by atoms with E-state index in [9.17, 15) is 50.7 Å². The fourth-order valence-corrected chi connectivity index (χ4v) is 2.91. The third-order valence-corrected chi connectivity index (χ3v) is 4.95. The summed E-state index contributed by atoms with van der Waals surface area (Å²) in [4.78, 5) is 66.5. The van der Waals surface area contributed by atoms with Crippen LogP contribution >= 0.6 is 0 Å². The molecule has 1 rings (SSSR count). The summed E-state index contributed by atoms with van der Waals surface area (Å²) in [6.45, 7) is 14.0. The van der Waals surface area contributed by atoms with E-state index in [1.54, 1.807) is 48.5 Å². The lowest BCUT2D eigenvalue weighted by Gasteiger charge is -2.22. The first-order valence-electron chi connectivity index (χ1n) is 14.9. The van der Waals surface area contributed by atoms with Crippen LogP contribution in [0.25, 0.3) is 0 Å². The number of hydrogen-bond donors (Lipinski definition) is 5. The van der Waals surface area contributed by atoms with Crippen LogP contribution in [0.4, 0.5) is 31.5 Å². The molecule has 0 atom stereocenters. The van der Waals surface area contributed by atoms with Crippen molar-refractivity contribution in [2.75, 3.05) is 39.3 Å². The second-order valence-corrected chi connectivity index (χ2v) is 11.7. The Morgan fingerprint density at radius 1 is 0.630 bits per heavy atom. The first kappa shape index (κ1) is 61.3. The number of aliphatic carboxylic acids is 2. The van der Waals surface area contributed by atoms with Crippen LogP contribution in [-0.2, 0) is 28.7 Å². The highest BCUT2D eigenvalue weighted by atomic mass is 19.2. The number of halogens is 5. The summed E-state index contributed by atoms with van der Waals surface area (Å²) in [6.07, 6.45) is -1.13. The van der Waals surface area contributed by atoms with Gasteiger partial charge in [0.25, 0.3) is 0 Å². The van der Waals surface area contributed by atoms with Gasteiger partial charge in [-0.05, 0) is 41.5 Å². The lowest BCUT2D eigenvalue weighted by Crippen LogP contribution is -2.42. The molecule has 0 heterocycles. The fraction of sp³-hybridized carbons (Fsp3) is 0.647. The molecule has 0 radical (unpaired) electrons. The third kappa shape index (κ3) is 28.8. The predicted molar refractivity (Wildman–Crippen MR) is 193 cm³/mol. The predicted octanol–water partition coefficient (Wildman–Crippen LogP) is 6.26. The minimum Gasteiger partial charge on any atom is -0.480 e. The lowest BCUT2D eigenvalue weighted by molar-refractivity contribution is -0.144. The highest BCUT2D eigenvalue weighted by molar-refractivity contribution is 5.81. The third-order valence-electron chi connectivity index (χ3n) is 4.95. The first-order chi connectivity index (χ1) is 22.9. The van der Waals surface area contributed by atoms with Crippen molar-refractivity contribution in [1.82, 2.24) is 20.9 Å². The molecule has 0 aliphatic heterocycles. The number of carboxylic acids is 2. The Labute approximate surface area is 315 Å². The summed E-state index contributed by atoms with van der Waals surface area (Å²) in [5.41, 5.74) is -1.11. The van der Waals surface area contributed by atoms with Gasteiger partial charge in [0.15, 0.2) is 0 Å². The van der Waals surface area contributed by atoms with Crippen LogP contribution in [-0.4, -0.2) is 102 Å². The number of benzene rings is 1. The van der Waals surface area contributed by atoms with Crippen molar-refractivity contribution in [2.45, 2.75) is 109 Å². The molecule has 20 heteroatoms. The maximum Gasteiger partial charge on any atom is 0.407 e. The van der Waals surface area contributed by atoms with Crippen LogP contribution in [0.1, 0.15) is 97.9 Å². The number of carbonyl (C=O) groups excluding carboxylic acids is 4. The largest absolute Gasteiger partial charge is 0.480 e. The van der Waals surface area contributed by atoms with Crippen LogP contribution in [0.5, 0.6) is 5.75 Å². The molecule has 0 spiro atoms. The zero-order valence-corrected chi connectivity index (χ0v) is 29.1. The number of hydrogen-bond acceptors (Lipinski definition) is 10. The Hall–Kier alpha value is -4.75. The number of ether oxygens (including phenoxy) is 3. The molecule has 15 nitrogen and oxygen atoms in total. The van der Waals surface area contributed by atoms with Gasteiger partial charge in [-0.1, -0.05) is 43.6 Å². The molecule has 0 aliphatic rings. The SMILES string of the molecule is C.C.C.C.CC(C)(C)OC(=O)NCCNCC(=O)O.CCC(=O)N(CCNC(=O)OC(C)(C)C)CC(=O)O.CCC(=O)Oc1c(F)c(F)c(F)c(F)c1F. The van der Waals surface area contributed by atoms with Gasteiger partial charge in [0, 0.05) is 39.0 Å². The van der Waals surface area contributed by atoms with E-state index in [1.807, 2.05) is 0 Å². The number of amides is 3. The van der Waals surface area contributed by atoms with E-state index < -0.39 is 76.1 Å². The maximum atomic E-state index is 12.9. The Morgan fingerprint density at radius 2 is 1.04 bits per heavy atom. The van der Waals surface area contributed by atoms with Crippen molar-refractivity contribution in [2.24, 2.45) is 0 Å². The Balaban J connectivity index is -0.000000155. The molecule has 0 bridgehead atoms. The van der Waals surface area contributed by atoms with E-state index in [-0.39, 0.29) is 74.6 Å². The van der Waals surface area contributed by atoms with E-state index in [4.69, 9.17) is 19.7 Å². The van der Waals surface area contributed by atoms with Gasteiger partial charge in [0.2, 0.25) is 40.7 Å². The summed E-state index contributed by atoms with van der Waals surface area (Å²) < 4.78 is 77.6. The van der Waals surface area contributed by atoms with Crippen molar-refractivity contribution in [3.63, 3.8) is 0 Å². The molecular weight excluding hydrogens is 735 g/mol. The minimum absolute atomic E-state index is 0. The number of rotatable bonds is 13.